The monoisotopic (exact) mass is 443 g/mol. The van der Waals surface area contributed by atoms with E-state index in [1.807, 2.05) is 24.0 Å². The molecule has 0 unspecified atom stereocenters. The number of rotatable bonds is 6. The number of aromatic nitrogens is 1. The molecule has 2 aliphatic heterocycles. The highest BCUT2D eigenvalue weighted by Crippen LogP contribution is 2.29. The molecule has 1 aromatic rings. The van der Waals surface area contributed by atoms with Crippen LogP contribution in [0.2, 0.25) is 0 Å². The summed E-state index contributed by atoms with van der Waals surface area (Å²) in [6, 6.07) is 4.00. The van der Waals surface area contributed by atoms with Crippen molar-refractivity contribution >= 4 is 17.6 Å². The molecule has 3 aliphatic rings. The Labute approximate surface area is 190 Å². The van der Waals surface area contributed by atoms with Gasteiger partial charge in [0.15, 0.2) is 0 Å². The first-order valence-corrected chi connectivity index (χ1v) is 12.2. The second-order valence-electron chi connectivity index (χ2n) is 9.54. The van der Waals surface area contributed by atoms with E-state index >= 15 is 0 Å². The second-order valence-corrected chi connectivity index (χ2v) is 9.54. The van der Waals surface area contributed by atoms with Crippen molar-refractivity contribution in [1.29, 1.82) is 0 Å². The van der Waals surface area contributed by atoms with Crippen molar-refractivity contribution in [3.8, 4) is 0 Å². The molecule has 3 heterocycles. The molecule has 0 bridgehead atoms. The highest BCUT2D eigenvalue weighted by molar-refractivity contribution is 5.98. The van der Waals surface area contributed by atoms with Gasteiger partial charge in [-0.1, -0.05) is 19.8 Å². The zero-order chi connectivity index (χ0) is 22.5. The van der Waals surface area contributed by atoms with Crippen LogP contribution in [0.3, 0.4) is 0 Å². The number of nitrogens with one attached hydrogen (secondary N) is 1. The van der Waals surface area contributed by atoms with Crippen LogP contribution in [0.4, 0.5) is 5.82 Å². The summed E-state index contributed by atoms with van der Waals surface area (Å²) in [5.74, 6) is 0.680. The number of anilines is 1. The van der Waals surface area contributed by atoms with Gasteiger partial charge in [0.05, 0.1) is 18.8 Å². The molecule has 1 atom stereocenters. The predicted molar refractivity (Wildman–Crippen MR) is 123 cm³/mol. The highest BCUT2D eigenvalue weighted by Gasteiger charge is 2.29. The summed E-state index contributed by atoms with van der Waals surface area (Å²) >= 11 is 0. The summed E-state index contributed by atoms with van der Waals surface area (Å²) in [5.41, 5.74) is 7.54. The Bertz CT molecular complexity index is 797. The molecule has 1 saturated carbocycles. The lowest BCUT2D eigenvalue weighted by molar-refractivity contribution is -0.137. The molecule has 32 heavy (non-hydrogen) atoms. The van der Waals surface area contributed by atoms with E-state index in [0.29, 0.717) is 11.4 Å². The standard InChI is InChI=1S/C24H37N5O3/c1-17(16-28-12-14-32-15-13-28)24(31)29-10-8-18(9-11-29)21-7-6-20(22(25)27-21)23(30)26-19-4-2-3-5-19/h6-7,17-19H,2-5,8-16H2,1H3,(H2,25,27)(H,26,30)/t17-/m0/s1. The van der Waals surface area contributed by atoms with Gasteiger partial charge in [-0.15, -0.1) is 0 Å². The Morgan fingerprint density at radius 3 is 2.47 bits per heavy atom. The van der Waals surface area contributed by atoms with Crippen molar-refractivity contribution in [3.63, 3.8) is 0 Å². The Morgan fingerprint density at radius 1 is 1.12 bits per heavy atom. The third-order valence-corrected chi connectivity index (χ3v) is 7.16. The number of morpholine rings is 1. The lowest BCUT2D eigenvalue weighted by Gasteiger charge is -2.35. The SMILES string of the molecule is C[C@@H](CN1CCOCC1)C(=O)N1CCC(c2ccc(C(=O)NC3CCCC3)c(N)n2)CC1. The molecule has 4 rings (SSSR count). The maximum absolute atomic E-state index is 12.9. The number of likely N-dealkylation sites (tertiary alicyclic amines) is 1. The van der Waals surface area contributed by atoms with Crippen LogP contribution in [0, 0.1) is 5.92 Å². The number of ether oxygens (including phenoxy) is 1. The summed E-state index contributed by atoms with van der Waals surface area (Å²) in [5, 5.41) is 3.08. The third-order valence-electron chi connectivity index (χ3n) is 7.16. The number of nitrogens with zero attached hydrogens (tertiary/aromatic N) is 3. The van der Waals surface area contributed by atoms with Crippen LogP contribution >= 0.6 is 0 Å². The Morgan fingerprint density at radius 2 is 1.81 bits per heavy atom. The molecule has 3 fully saturated rings. The fraction of sp³-hybridized carbons (Fsp3) is 0.708. The third kappa shape index (κ3) is 5.59. The van der Waals surface area contributed by atoms with Crippen LogP contribution < -0.4 is 11.1 Å². The molecule has 8 heteroatoms. The summed E-state index contributed by atoms with van der Waals surface area (Å²) in [6.45, 7) is 7.62. The summed E-state index contributed by atoms with van der Waals surface area (Å²) in [7, 11) is 0. The van der Waals surface area contributed by atoms with Crippen molar-refractivity contribution in [3.05, 3.63) is 23.4 Å². The first-order valence-electron chi connectivity index (χ1n) is 12.2. The quantitative estimate of drug-likeness (QED) is 0.698. The molecule has 1 aromatic heterocycles. The van der Waals surface area contributed by atoms with Gasteiger partial charge in [-0.3, -0.25) is 14.5 Å². The minimum atomic E-state index is -0.122. The smallest absolute Gasteiger partial charge is 0.255 e. The van der Waals surface area contributed by atoms with E-state index in [1.165, 1.54) is 12.8 Å². The van der Waals surface area contributed by atoms with Gasteiger partial charge in [0.25, 0.3) is 5.91 Å². The number of nitrogens with two attached hydrogens (primary N) is 1. The van der Waals surface area contributed by atoms with Crippen LogP contribution in [0.5, 0.6) is 0 Å². The van der Waals surface area contributed by atoms with Crippen molar-refractivity contribution in [2.24, 2.45) is 5.92 Å². The van der Waals surface area contributed by atoms with Crippen molar-refractivity contribution < 1.29 is 14.3 Å². The van der Waals surface area contributed by atoms with Crippen molar-refractivity contribution in [1.82, 2.24) is 20.1 Å². The molecular weight excluding hydrogens is 406 g/mol. The van der Waals surface area contributed by atoms with E-state index in [0.717, 1.165) is 77.3 Å². The Kier molecular flexibility index (Phi) is 7.63. The molecule has 0 aromatic carbocycles. The zero-order valence-corrected chi connectivity index (χ0v) is 19.2. The van der Waals surface area contributed by atoms with Gasteiger partial charge in [-0.2, -0.15) is 0 Å². The number of nitrogen functional groups attached to an aromatic ring is 1. The number of pyridine rings is 1. The number of hydrogen-bond donors (Lipinski definition) is 2. The molecule has 0 spiro atoms. The number of carbonyl (C=O) groups is 2. The lowest BCUT2D eigenvalue weighted by Crippen LogP contribution is -2.46. The molecular formula is C24H37N5O3. The van der Waals surface area contributed by atoms with Crippen LogP contribution in [-0.4, -0.2) is 78.6 Å². The van der Waals surface area contributed by atoms with Gasteiger partial charge in [-0.05, 0) is 37.8 Å². The van der Waals surface area contributed by atoms with Crippen LogP contribution in [-0.2, 0) is 9.53 Å². The molecule has 2 saturated heterocycles. The van der Waals surface area contributed by atoms with Gasteiger partial charge in [0, 0.05) is 56.3 Å². The van der Waals surface area contributed by atoms with E-state index in [1.54, 1.807) is 0 Å². The van der Waals surface area contributed by atoms with Crippen molar-refractivity contribution in [2.75, 3.05) is 51.7 Å². The predicted octanol–water partition coefficient (Wildman–Crippen LogP) is 2.01. The first kappa shape index (κ1) is 23.0. The fourth-order valence-corrected chi connectivity index (χ4v) is 5.20. The molecule has 8 nitrogen and oxygen atoms in total. The van der Waals surface area contributed by atoms with E-state index in [4.69, 9.17) is 10.5 Å². The summed E-state index contributed by atoms with van der Waals surface area (Å²) in [6.07, 6.45) is 6.17. The zero-order valence-electron chi connectivity index (χ0n) is 19.2. The molecule has 2 amide bonds. The average molecular weight is 444 g/mol. The van der Waals surface area contributed by atoms with Crippen LogP contribution in [0.1, 0.15) is 67.4 Å². The maximum atomic E-state index is 12.9. The largest absolute Gasteiger partial charge is 0.383 e. The van der Waals surface area contributed by atoms with Crippen LogP contribution in [0.25, 0.3) is 0 Å². The highest BCUT2D eigenvalue weighted by atomic mass is 16.5. The van der Waals surface area contributed by atoms with E-state index in [9.17, 15) is 9.59 Å². The maximum Gasteiger partial charge on any atom is 0.255 e. The van der Waals surface area contributed by atoms with E-state index < -0.39 is 0 Å². The Hall–Kier alpha value is -2.19. The lowest BCUT2D eigenvalue weighted by atomic mass is 9.92. The number of piperidine rings is 1. The molecule has 0 radical (unpaired) electrons. The second kappa shape index (κ2) is 10.6. The van der Waals surface area contributed by atoms with Gasteiger partial charge in [-0.25, -0.2) is 4.98 Å². The molecule has 1 aliphatic carbocycles. The van der Waals surface area contributed by atoms with Gasteiger partial charge in [0.2, 0.25) is 5.91 Å². The van der Waals surface area contributed by atoms with Crippen molar-refractivity contribution in [2.45, 2.75) is 57.4 Å². The average Bonchev–Trinajstić information content (AvgIpc) is 3.32. The minimum Gasteiger partial charge on any atom is -0.383 e. The minimum absolute atomic E-state index is 0.00363. The van der Waals surface area contributed by atoms with Gasteiger partial charge in [0.1, 0.15) is 5.82 Å². The Balaban J connectivity index is 1.28. The van der Waals surface area contributed by atoms with Gasteiger partial charge >= 0.3 is 0 Å². The number of carbonyl (C=O) groups excluding carboxylic acids is 2. The number of hydrogen-bond acceptors (Lipinski definition) is 6. The van der Waals surface area contributed by atoms with E-state index in [-0.39, 0.29) is 29.7 Å². The summed E-state index contributed by atoms with van der Waals surface area (Å²) in [4.78, 5) is 34.3. The van der Waals surface area contributed by atoms with Gasteiger partial charge < -0.3 is 20.7 Å². The van der Waals surface area contributed by atoms with E-state index in [2.05, 4.69) is 15.2 Å². The number of amides is 2. The summed E-state index contributed by atoms with van der Waals surface area (Å²) < 4.78 is 5.40. The molecule has 176 valence electrons. The first-order chi connectivity index (χ1) is 15.5. The molecule has 3 N–H and O–H groups in total. The normalized spacial score (nSPS) is 22.1. The topological polar surface area (TPSA) is 101 Å². The van der Waals surface area contributed by atoms with Crippen LogP contribution in [0.15, 0.2) is 12.1 Å². The fourth-order valence-electron chi connectivity index (χ4n) is 5.20.